The predicted octanol–water partition coefficient (Wildman–Crippen LogP) is 2.13. The molecule has 0 atom stereocenters. The molecule has 2 aromatic rings. The molecule has 0 bridgehead atoms. The first kappa shape index (κ1) is 11.0. The van der Waals surface area contributed by atoms with E-state index >= 15 is 0 Å². The number of hydrogen-bond acceptors (Lipinski definition) is 3. The summed E-state index contributed by atoms with van der Waals surface area (Å²) < 4.78 is 8.63. The highest BCUT2D eigenvalue weighted by Crippen LogP contribution is 2.21. The van der Waals surface area contributed by atoms with Gasteiger partial charge in [0, 0.05) is 32.5 Å². The predicted molar refractivity (Wildman–Crippen MR) is 67.7 cm³/mol. The second-order valence-electron chi connectivity index (χ2n) is 4.17. The third-order valence-corrected chi connectivity index (χ3v) is 3.72. The van der Waals surface area contributed by atoms with Crippen LogP contribution in [0.4, 0.5) is 0 Å². The lowest BCUT2D eigenvalue weighted by molar-refractivity contribution is 0.483. The van der Waals surface area contributed by atoms with E-state index in [2.05, 4.69) is 30.8 Å². The van der Waals surface area contributed by atoms with Crippen LogP contribution in [0.15, 0.2) is 27.4 Å². The molecule has 0 aliphatic carbocycles. The molecule has 0 radical (unpaired) electrons. The van der Waals surface area contributed by atoms with Gasteiger partial charge in [-0.25, -0.2) is 4.98 Å². The highest BCUT2D eigenvalue weighted by Gasteiger charge is 2.17. The second kappa shape index (κ2) is 4.66. The maximum atomic E-state index is 5.34. The Kier molecular flexibility index (Phi) is 3.03. The van der Waals surface area contributed by atoms with Gasteiger partial charge in [-0.1, -0.05) is 0 Å². The zero-order valence-corrected chi connectivity index (χ0v) is 11.0. The van der Waals surface area contributed by atoms with E-state index in [1.165, 1.54) is 5.69 Å². The van der Waals surface area contributed by atoms with E-state index in [1.807, 2.05) is 12.1 Å². The second-order valence-corrected chi connectivity index (χ2v) is 4.92. The topological polar surface area (TPSA) is 43.0 Å². The van der Waals surface area contributed by atoms with E-state index in [9.17, 15) is 0 Å². The standard InChI is InChI=1S/C12H14BrN3O/c13-12-10-8-14-5-6-16(10)11(15-12)4-3-9-2-1-7-17-9/h1-2,7,14H,3-6,8H2. The van der Waals surface area contributed by atoms with Crippen molar-refractivity contribution < 1.29 is 4.42 Å². The van der Waals surface area contributed by atoms with Crippen molar-refractivity contribution in [1.29, 1.82) is 0 Å². The minimum absolute atomic E-state index is 0.897. The summed E-state index contributed by atoms with van der Waals surface area (Å²) in [5, 5.41) is 3.36. The van der Waals surface area contributed by atoms with E-state index in [1.54, 1.807) is 6.26 Å². The van der Waals surface area contributed by atoms with Crippen molar-refractivity contribution in [2.45, 2.75) is 25.9 Å². The summed E-state index contributed by atoms with van der Waals surface area (Å²) in [6.07, 6.45) is 3.55. The molecule has 1 aliphatic heterocycles. The van der Waals surface area contributed by atoms with E-state index in [4.69, 9.17) is 4.42 Å². The molecule has 0 amide bonds. The van der Waals surface area contributed by atoms with Crippen LogP contribution < -0.4 is 5.32 Å². The summed E-state index contributed by atoms with van der Waals surface area (Å²) in [5.74, 6) is 2.16. The molecule has 17 heavy (non-hydrogen) atoms. The zero-order chi connectivity index (χ0) is 11.7. The molecular formula is C12H14BrN3O. The molecule has 0 unspecified atom stereocenters. The smallest absolute Gasteiger partial charge is 0.128 e. The van der Waals surface area contributed by atoms with Crippen molar-refractivity contribution in [2.75, 3.05) is 6.54 Å². The Hall–Kier alpha value is -1.07. The van der Waals surface area contributed by atoms with Crippen molar-refractivity contribution in [2.24, 2.45) is 0 Å². The van der Waals surface area contributed by atoms with E-state index in [0.29, 0.717) is 0 Å². The molecule has 4 nitrogen and oxygen atoms in total. The largest absolute Gasteiger partial charge is 0.469 e. The van der Waals surface area contributed by atoms with Crippen LogP contribution in [0.2, 0.25) is 0 Å². The van der Waals surface area contributed by atoms with Crippen LogP contribution in [0.3, 0.4) is 0 Å². The van der Waals surface area contributed by atoms with Gasteiger partial charge in [-0.05, 0) is 28.1 Å². The van der Waals surface area contributed by atoms with Crippen molar-refractivity contribution in [3.05, 3.63) is 40.3 Å². The normalized spacial score (nSPS) is 14.9. The number of nitrogens with zero attached hydrogens (tertiary/aromatic N) is 2. The van der Waals surface area contributed by atoms with E-state index < -0.39 is 0 Å². The van der Waals surface area contributed by atoms with Crippen LogP contribution in [0.5, 0.6) is 0 Å². The number of nitrogens with one attached hydrogen (secondary N) is 1. The van der Waals surface area contributed by atoms with Gasteiger partial charge >= 0.3 is 0 Å². The molecule has 3 heterocycles. The molecule has 1 aliphatic rings. The Morgan fingerprint density at radius 2 is 2.41 bits per heavy atom. The van der Waals surface area contributed by atoms with Gasteiger partial charge in [0.05, 0.1) is 12.0 Å². The maximum absolute atomic E-state index is 5.34. The molecule has 1 N–H and O–H groups in total. The molecular weight excluding hydrogens is 282 g/mol. The number of aromatic nitrogens is 2. The van der Waals surface area contributed by atoms with Gasteiger partial charge in [-0.3, -0.25) is 0 Å². The molecule has 0 saturated heterocycles. The molecule has 3 rings (SSSR count). The third kappa shape index (κ3) is 2.17. The van der Waals surface area contributed by atoms with Crippen molar-refractivity contribution >= 4 is 15.9 Å². The summed E-state index contributed by atoms with van der Waals surface area (Å²) >= 11 is 3.53. The van der Waals surface area contributed by atoms with Crippen LogP contribution in [-0.4, -0.2) is 16.1 Å². The highest BCUT2D eigenvalue weighted by atomic mass is 79.9. The number of hydrogen-bond donors (Lipinski definition) is 1. The number of imidazole rings is 1. The lowest BCUT2D eigenvalue weighted by atomic mass is 10.2. The Bertz CT molecular complexity index is 504. The molecule has 0 spiro atoms. The summed E-state index contributed by atoms with van der Waals surface area (Å²) in [6, 6.07) is 3.94. The van der Waals surface area contributed by atoms with Crippen LogP contribution in [0.1, 0.15) is 17.3 Å². The van der Waals surface area contributed by atoms with Crippen molar-refractivity contribution in [3.63, 3.8) is 0 Å². The monoisotopic (exact) mass is 295 g/mol. The van der Waals surface area contributed by atoms with Gasteiger partial charge in [0.2, 0.25) is 0 Å². The van der Waals surface area contributed by atoms with Crippen LogP contribution in [0.25, 0.3) is 0 Å². The Morgan fingerprint density at radius 3 is 3.24 bits per heavy atom. The lowest BCUT2D eigenvalue weighted by Crippen LogP contribution is -2.28. The quantitative estimate of drug-likeness (QED) is 0.943. The average Bonchev–Trinajstić information content (AvgIpc) is 2.96. The first-order chi connectivity index (χ1) is 8.34. The molecule has 0 fully saturated rings. The highest BCUT2D eigenvalue weighted by molar-refractivity contribution is 9.10. The summed E-state index contributed by atoms with van der Waals surface area (Å²) in [5.41, 5.74) is 1.26. The minimum Gasteiger partial charge on any atom is -0.469 e. The molecule has 0 aromatic carbocycles. The number of furan rings is 1. The average molecular weight is 296 g/mol. The minimum atomic E-state index is 0.897. The van der Waals surface area contributed by atoms with Gasteiger partial charge in [0.15, 0.2) is 0 Å². The first-order valence-corrected chi connectivity index (χ1v) is 6.61. The fraction of sp³-hybridized carbons (Fsp3) is 0.417. The van der Waals surface area contributed by atoms with Gasteiger partial charge in [0.25, 0.3) is 0 Å². The zero-order valence-electron chi connectivity index (χ0n) is 9.45. The van der Waals surface area contributed by atoms with Crippen molar-refractivity contribution in [3.8, 4) is 0 Å². The third-order valence-electron chi connectivity index (χ3n) is 3.08. The lowest BCUT2D eigenvalue weighted by Gasteiger charge is -2.17. The first-order valence-electron chi connectivity index (χ1n) is 5.81. The maximum Gasteiger partial charge on any atom is 0.128 e. The Balaban J connectivity index is 1.79. The molecule has 5 heteroatoms. The Morgan fingerprint density at radius 1 is 1.47 bits per heavy atom. The summed E-state index contributed by atoms with van der Waals surface area (Å²) in [4.78, 5) is 4.59. The molecule has 0 saturated carbocycles. The number of rotatable bonds is 3. The summed E-state index contributed by atoms with van der Waals surface area (Å²) in [7, 11) is 0. The number of halogens is 1. The fourth-order valence-electron chi connectivity index (χ4n) is 2.22. The SMILES string of the molecule is Brc1nc(CCc2ccco2)n2c1CNCC2. The number of fused-ring (bicyclic) bond motifs is 1. The summed E-state index contributed by atoms with van der Waals surface area (Å²) in [6.45, 7) is 2.92. The molecule has 2 aromatic heterocycles. The fourth-order valence-corrected chi connectivity index (χ4v) is 2.77. The van der Waals surface area contributed by atoms with Gasteiger partial charge in [-0.15, -0.1) is 0 Å². The van der Waals surface area contributed by atoms with Crippen molar-refractivity contribution in [1.82, 2.24) is 14.9 Å². The van der Waals surface area contributed by atoms with Crippen LogP contribution in [-0.2, 0) is 25.9 Å². The number of aryl methyl sites for hydroxylation is 2. The van der Waals surface area contributed by atoms with E-state index in [0.717, 1.165) is 48.7 Å². The van der Waals surface area contributed by atoms with Gasteiger partial charge < -0.3 is 14.3 Å². The van der Waals surface area contributed by atoms with Crippen LogP contribution in [0, 0.1) is 0 Å². The van der Waals surface area contributed by atoms with Gasteiger partial charge in [-0.2, -0.15) is 0 Å². The molecule has 90 valence electrons. The Labute approximate surface area is 108 Å². The van der Waals surface area contributed by atoms with E-state index in [-0.39, 0.29) is 0 Å². The van der Waals surface area contributed by atoms with Gasteiger partial charge in [0.1, 0.15) is 16.2 Å². The van der Waals surface area contributed by atoms with Crippen LogP contribution >= 0.6 is 15.9 Å².